The second-order valence-corrected chi connectivity index (χ2v) is 6.58. The average Bonchev–Trinajstić information content (AvgIpc) is 3.22. The van der Waals surface area contributed by atoms with E-state index in [4.69, 9.17) is 0 Å². The summed E-state index contributed by atoms with van der Waals surface area (Å²) < 4.78 is 1.97. The Hall–Kier alpha value is -2.45. The van der Waals surface area contributed by atoms with Gasteiger partial charge < -0.3 is 5.32 Å². The number of aromatic nitrogens is 4. The highest BCUT2D eigenvalue weighted by molar-refractivity contribution is 7.99. The zero-order chi connectivity index (χ0) is 15.6. The van der Waals surface area contributed by atoms with Crippen LogP contribution in [0.5, 0.6) is 0 Å². The average molecular weight is 341 g/mol. The molecule has 0 saturated carbocycles. The van der Waals surface area contributed by atoms with Crippen LogP contribution in [-0.4, -0.2) is 31.2 Å². The summed E-state index contributed by atoms with van der Waals surface area (Å²) in [6.45, 7) is 0. The van der Waals surface area contributed by atoms with Crippen LogP contribution in [0.1, 0.15) is 0 Å². The number of hydrogen-bond acceptors (Lipinski definition) is 6. The topological polar surface area (TPSA) is 72.2 Å². The van der Waals surface area contributed by atoms with Crippen LogP contribution in [0.4, 0.5) is 5.13 Å². The third kappa shape index (κ3) is 2.78. The van der Waals surface area contributed by atoms with E-state index in [1.165, 1.54) is 23.1 Å². The van der Waals surface area contributed by atoms with Crippen LogP contribution in [-0.2, 0) is 4.79 Å². The van der Waals surface area contributed by atoms with E-state index in [0.29, 0.717) is 10.3 Å². The van der Waals surface area contributed by atoms with Crippen LogP contribution >= 0.6 is 23.1 Å². The number of rotatable bonds is 4. The van der Waals surface area contributed by atoms with Gasteiger partial charge >= 0.3 is 0 Å². The number of anilines is 1. The zero-order valence-corrected chi connectivity index (χ0v) is 13.5. The van der Waals surface area contributed by atoms with E-state index < -0.39 is 0 Å². The smallest absolute Gasteiger partial charge is 0.236 e. The number of benzene rings is 1. The molecule has 114 valence electrons. The van der Waals surface area contributed by atoms with Crippen molar-refractivity contribution in [3.8, 4) is 0 Å². The van der Waals surface area contributed by atoms with Gasteiger partial charge in [0.2, 0.25) is 5.91 Å². The van der Waals surface area contributed by atoms with Gasteiger partial charge in [0, 0.05) is 11.6 Å². The Morgan fingerprint density at radius 1 is 1.22 bits per heavy atom. The molecular formula is C15H11N5OS2. The summed E-state index contributed by atoms with van der Waals surface area (Å²) in [6, 6.07) is 12.0. The summed E-state index contributed by atoms with van der Waals surface area (Å²) in [7, 11) is 0. The molecule has 4 rings (SSSR count). The van der Waals surface area contributed by atoms with E-state index in [0.717, 1.165) is 16.6 Å². The molecule has 0 aliphatic carbocycles. The molecule has 0 bridgehead atoms. The first-order valence-corrected chi connectivity index (χ1v) is 8.73. The zero-order valence-electron chi connectivity index (χ0n) is 11.8. The van der Waals surface area contributed by atoms with Gasteiger partial charge in [-0.25, -0.2) is 4.98 Å². The molecule has 0 aliphatic heterocycles. The number of hydrogen-bond donors (Lipinski definition) is 1. The maximum absolute atomic E-state index is 12.0. The van der Waals surface area contributed by atoms with Gasteiger partial charge in [0.25, 0.3) is 0 Å². The Balaban J connectivity index is 1.59. The molecule has 0 atom stereocenters. The fourth-order valence-corrected chi connectivity index (χ4v) is 3.57. The summed E-state index contributed by atoms with van der Waals surface area (Å²) in [6.07, 6.45) is 1.66. The number of para-hydroxylation sites is 1. The molecule has 8 heteroatoms. The van der Waals surface area contributed by atoms with E-state index in [9.17, 15) is 4.79 Å². The molecule has 0 spiro atoms. The minimum absolute atomic E-state index is 0.109. The molecule has 1 amide bonds. The predicted molar refractivity (Wildman–Crippen MR) is 92.0 cm³/mol. The minimum atomic E-state index is -0.109. The van der Waals surface area contributed by atoms with Gasteiger partial charge in [-0.3, -0.25) is 9.20 Å². The first kappa shape index (κ1) is 14.2. The standard InChI is InChI=1S/C15H11N5OS2/c21-13(17-14-16-7-8-22-14)9-23-15-19-18-12-6-5-10-3-1-2-4-11(10)20(12)15/h1-8H,9H2,(H,16,17,21). The lowest BCUT2D eigenvalue weighted by atomic mass is 10.2. The number of nitrogens with zero attached hydrogens (tertiary/aromatic N) is 4. The van der Waals surface area contributed by atoms with Gasteiger partial charge in [0.1, 0.15) is 0 Å². The molecule has 1 N–H and O–H groups in total. The number of amides is 1. The molecular weight excluding hydrogens is 330 g/mol. The molecule has 0 aliphatic rings. The molecule has 3 heterocycles. The highest BCUT2D eigenvalue weighted by atomic mass is 32.2. The third-order valence-electron chi connectivity index (χ3n) is 3.26. The Bertz CT molecular complexity index is 980. The Morgan fingerprint density at radius 3 is 3.00 bits per heavy atom. The fraction of sp³-hybridized carbons (Fsp3) is 0.0667. The monoisotopic (exact) mass is 341 g/mol. The molecule has 4 aromatic rings. The Morgan fingerprint density at radius 2 is 2.13 bits per heavy atom. The van der Waals surface area contributed by atoms with Crippen molar-refractivity contribution in [2.75, 3.05) is 11.1 Å². The number of carbonyl (C=O) groups excluding carboxylic acids is 1. The van der Waals surface area contributed by atoms with E-state index in [2.05, 4.69) is 20.5 Å². The molecule has 3 aromatic heterocycles. The maximum Gasteiger partial charge on any atom is 0.236 e. The van der Waals surface area contributed by atoms with Crippen molar-refractivity contribution in [2.24, 2.45) is 0 Å². The van der Waals surface area contributed by atoms with Crippen LogP contribution in [0.3, 0.4) is 0 Å². The van der Waals surface area contributed by atoms with Gasteiger partial charge in [0.05, 0.1) is 11.3 Å². The maximum atomic E-state index is 12.0. The van der Waals surface area contributed by atoms with E-state index in [1.54, 1.807) is 6.20 Å². The van der Waals surface area contributed by atoms with Gasteiger partial charge in [-0.2, -0.15) is 0 Å². The predicted octanol–water partition coefficient (Wildman–Crippen LogP) is 3.07. The van der Waals surface area contributed by atoms with Gasteiger partial charge in [-0.05, 0) is 23.6 Å². The molecule has 0 unspecified atom stereocenters. The summed E-state index contributed by atoms with van der Waals surface area (Å²) in [5.41, 5.74) is 1.80. The third-order valence-corrected chi connectivity index (χ3v) is 4.88. The van der Waals surface area contributed by atoms with Crippen molar-refractivity contribution in [2.45, 2.75) is 5.16 Å². The van der Waals surface area contributed by atoms with E-state index in [1.807, 2.05) is 46.2 Å². The van der Waals surface area contributed by atoms with Crippen LogP contribution in [0.2, 0.25) is 0 Å². The number of carbonyl (C=O) groups is 1. The lowest BCUT2D eigenvalue weighted by Gasteiger charge is -2.04. The summed E-state index contributed by atoms with van der Waals surface area (Å²) in [5.74, 6) is 0.144. The highest BCUT2D eigenvalue weighted by Crippen LogP contribution is 2.23. The first-order chi connectivity index (χ1) is 11.3. The summed E-state index contributed by atoms with van der Waals surface area (Å²) in [4.78, 5) is 16.0. The van der Waals surface area contributed by atoms with Crippen molar-refractivity contribution in [1.82, 2.24) is 19.6 Å². The van der Waals surface area contributed by atoms with Crippen molar-refractivity contribution in [3.05, 3.63) is 48.0 Å². The lowest BCUT2D eigenvalue weighted by molar-refractivity contribution is -0.113. The Kier molecular flexibility index (Phi) is 3.68. The summed E-state index contributed by atoms with van der Waals surface area (Å²) in [5, 5.41) is 15.4. The Labute approximate surface area is 139 Å². The van der Waals surface area contributed by atoms with Crippen molar-refractivity contribution in [1.29, 1.82) is 0 Å². The normalized spacial score (nSPS) is 11.1. The number of pyridine rings is 1. The van der Waals surface area contributed by atoms with Crippen LogP contribution in [0, 0.1) is 0 Å². The molecule has 23 heavy (non-hydrogen) atoms. The SMILES string of the molecule is O=C(CSc1nnc2ccc3ccccc3n12)Nc1nccs1. The van der Waals surface area contributed by atoms with Crippen molar-refractivity contribution < 1.29 is 4.79 Å². The quantitative estimate of drug-likeness (QED) is 0.578. The van der Waals surface area contributed by atoms with Gasteiger partial charge in [-0.1, -0.05) is 30.0 Å². The van der Waals surface area contributed by atoms with E-state index in [-0.39, 0.29) is 11.7 Å². The second-order valence-electron chi connectivity index (χ2n) is 4.74. The first-order valence-electron chi connectivity index (χ1n) is 6.86. The number of thioether (sulfide) groups is 1. The molecule has 0 radical (unpaired) electrons. The van der Waals surface area contributed by atoms with Crippen molar-refractivity contribution >= 4 is 50.7 Å². The van der Waals surface area contributed by atoms with Gasteiger partial charge in [-0.15, -0.1) is 21.5 Å². The molecule has 0 saturated heterocycles. The van der Waals surface area contributed by atoms with Crippen LogP contribution < -0.4 is 5.32 Å². The number of nitrogens with one attached hydrogen (secondary N) is 1. The van der Waals surface area contributed by atoms with E-state index >= 15 is 0 Å². The van der Waals surface area contributed by atoms with Gasteiger partial charge in [0.15, 0.2) is 15.9 Å². The fourth-order valence-electron chi connectivity index (χ4n) is 2.28. The van der Waals surface area contributed by atoms with Crippen LogP contribution in [0.15, 0.2) is 53.1 Å². The van der Waals surface area contributed by atoms with Crippen LogP contribution in [0.25, 0.3) is 16.6 Å². The lowest BCUT2D eigenvalue weighted by Crippen LogP contribution is -2.14. The molecule has 6 nitrogen and oxygen atoms in total. The highest BCUT2D eigenvalue weighted by Gasteiger charge is 2.12. The molecule has 1 aromatic carbocycles. The second kappa shape index (κ2) is 5.98. The summed E-state index contributed by atoms with van der Waals surface area (Å²) >= 11 is 2.75. The van der Waals surface area contributed by atoms with Crippen molar-refractivity contribution in [3.63, 3.8) is 0 Å². The number of fused-ring (bicyclic) bond motifs is 3. The number of thiazole rings is 1. The largest absolute Gasteiger partial charge is 0.301 e. The molecule has 0 fully saturated rings. The minimum Gasteiger partial charge on any atom is -0.301 e.